The zero-order valence-electron chi connectivity index (χ0n) is 34.9. The highest BCUT2D eigenvalue weighted by Gasteiger charge is 2.40. The SMILES string of the molecule is CC1(C)CCC(C)(C)c2c1ccc1c3ccc4ccccc4c3n(-c3cc(-c4nc(-c5ccccc5)nc(-c5cc6ccccc6c6ccccc56)n4)cc4ccccc34)c21. The highest BCUT2D eigenvalue weighted by atomic mass is 15.0. The van der Waals surface area contributed by atoms with E-state index < -0.39 is 0 Å². The molecule has 0 amide bonds. The van der Waals surface area contributed by atoms with Crippen LogP contribution in [0.2, 0.25) is 0 Å². The molecule has 2 heterocycles. The van der Waals surface area contributed by atoms with Crippen LogP contribution in [0.1, 0.15) is 51.7 Å². The van der Waals surface area contributed by atoms with Gasteiger partial charge in [0.15, 0.2) is 17.5 Å². The number of fused-ring (bicyclic) bond motifs is 11. The van der Waals surface area contributed by atoms with Crippen LogP contribution in [0.3, 0.4) is 0 Å². The Balaban J connectivity index is 1.21. The molecule has 11 aromatic rings. The fraction of sp³-hybridized carbons (Fsp3) is 0.140. The quantitative estimate of drug-likeness (QED) is 0.167. The smallest absolute Gasteiger partial charge is 0.164 e. The molecule has 61 heavy (non-hydrogen) atoms. The van der Waals surface area contributed by atoms with Crippen molar-refractivity contribution in [2.75, 3.05) is 0 Å². The Hall–Kier alpha value is -7.17. The van der Waals surface area contributed by atoms with E-state index >= 15 is 0 Å². The van der Waals surface area contributed by atoms with Gasteiger partial charge in [-0.25, -0.2) is 15.0 Å². The molecular formula is C57H44N4. The number of aromatic nitrogens is 4. The molecule has 0 spiro atoms. The van der Waals surface area contributed by atoms with Gasteiger partial charge in [-0.05, 0) is 85.3 Å². The number of rotatable bonds is 4. The minimum Gasteiger partial charge on any atom is -0.308 e. The Kier molecular flexibility index (Phi) is 7.71. The van der Waals surface area contributed by atoms with E-state index in [-0.39, 0.29) is 10.8 Å². The first-order chi connectivity index (χ1) is 29.7. The molecule has 0 saturated heterocycles. The summed E-state index contributed by atoms with van der Waals surface area (Å²) in [4.78, 5) is 16.0. The van der Waals surface area contributed by atoms with Gasteiger partial charge in [0.05, 0.1) is 16.7 Å². The Morgan fingerprint density at radius 2 is 0.951 bits per heavy atom. The molecule has 0 bridgehead atoms. The molecule has 12 rings (SSSR count). The van der Waals surface area contributed by atoms with Gasteiger partial charge < -0.3 is 4.57 Å². The fourth-order valence-corrected chi connectivity index (χ4v) is 10.4. The minimum atomic E-state index is -0.0317. The fourth-order valence-electron chi connectivity index (χ4n) is 10.4. The molecule has 1 aliphatic carbocycles. The van der Waals surface area contributed by atoms with Crippen molar-refractivity contribution >= 4 is 64.9 Å². The van der Waals surface area contributed by atoms with Crippen molar-refractivity contribution in [1.29, 1.82) is 0 Å². The van der Waals surface area contributed by atoms with E-state index in [0.29, 0.717) is 17.5 Å². The third-order valence-electron chi connectivity index (χ3n) is 13.6. The van der Waals surface area contributed by atoms with E-state index in [9.17, 15) is 0 Å². The van der Waals surface area contributed by atoms with Crippen molar-refractivity contribution in [3.05, 3.63) is 181 Å². The van der Waals surface area contributed by atoms with E-state index in [2.05, 4.69) is 184 Å². The summed E-state index contributed by atoms with van der Waals surface area (Å²) >= 11 is 0. The van der Waals surface area contributed by atoms with Crippen molar-refractivity contribution in [1.82, 2.24) is 19.5 Å². The van der Waals surface area contributed by atoms with Gasteiger partial charge in [0.25, 0.3) is 0 Å². The lowest BCUT2D eigenvalue weighted by atomic mass is 9.62. The molecule has 9 aromatic carbocycles. The normalized spacial score (nSPS) is 14.7. The molecule has 4 nitrogen and oxygen atoms in total. The summed E-state index contributed by atoms with van der Waals surface area (Å²) in [6.45, 7) is 9.74. The Morgan fingerprint density at radius 1 is 0.393 bits per heavy atom. The zero-order valence-corrected chi connectivity index (χ0v) is 34.9. The second-order valence-electron chi connectivity index (χ2n) is 18.2. The van der Waals surface area contributed by atoms with Crippen molar-refractivity contribution < 1.29 is 0 Å². The standard InChI is InChI=1S/C57H44N4/c1-56(2)30-31-57(3,4)50-48(56)29-28-46-45-27-26-35-16-8-13-23-42(35)51(45)61(52(46)50)49-34-39(32-37-19-10-12-22-41(37)49)54-58-53(36-17-6-5-7-18-36)59-55(60-54)47-33-38-20-9-11-21-40(38)43-24-14-15-25-44(43)47/h5-29,32-34H,30-31H2,1-4H3. The van der Waals surface area contributed by atoms with E-state index in [0.717, 1.165) is 51.4 Å². The van der Waals surface area contributed by atoms with Gasteiger partial charge in [-0.2, -0.15) is 0 Å². The average molecular weight is 785 g/mol. The van der Waals surface area contributed by atoms with Gasteiger partial charge in [-0.15, -0.1) is 0 Å². The Morgan fingerprint density at radius 3 is 1.72 bits per heavy atom. The second kappa shape index (κ2) is 13.2. The first-order valence-electron chi connectivity index (χ1n) is 21.5. The number of benzene rings is 9. The lowest BCUT2D eigenvalue weighted by molar-refractivity contribution is 0.334. The molecule has 0 unspecified atom stereocenters. The highest BCUT2D eigenvalue weighted by molar-refractivity contribution is 6.20. The van der Waals surface area contributed by atoms with Crippen LogP contribution in [0, 0.1) is 0 Å². The van der Waals surface area contributed by atoms with Crippen LogP contribution in [0.15, 0.2) is 170 Å². The van der Waals surface area contributed by atoms with Gasteiger partial charge in [0, 0.05) is 38.2 Å². The van der Waals surface area contributed by atoms with Crippen molar-refractivity contribution in [2.45, 2.75) is 51.4 Å². The molecule has 0 N–H and O–H groups in total. The van der Waals surface area contributed by atoms with Crippen LogP contribution in [-0.2, 0) is 10.8 Å². The molecule has 2 aromatic heterocycles. The number of nitrogens with zero attached hydrogens (tertiary/aromatic N) is 4. The summed E-state index contributed by atoms with van der Waals surface area (Å²) in [7, 11) is 0. The summed E-state index contributed by atoms with van der Waals surface area (Å²) in [5, 5.41) is 12.0. The predicted octanol–water partition coefficient (Wildman–Crippen LogP) is 14.9. The summed E-state index contributed by atoms with van der Waals surface area (Å²) < 4.78 is 2.61. The van der Waals surface area contributed by atoms with Crippen LogP contribution >= 0.6 is 0 Å². The zero-order chi connectivity index (χ0) is 41.0. The van der Waals surface area contributed by atoms with Crippen molar-refractivity contribution in [3.63, 3.8) is 0 Å². The molecule has 4 heteroatoms. The molecule has 0 aliphatic heterocycles. The number of hydrogen-bond acceptors (Lipinski definition) is 3. The summed E-state index contributed by atoms with van der Waals surface area (Å²) in [5.74, 6) is 1.94. The summed E-state index contributed by atoms with van der Waals surface area (Å²) in [5.41, 5.74) is 9.45. The van der Waals surface area contributed by atoms with Crippen LogP contribution in [0.25, 0.3) is 105 Å². The van der Waals surface area contributed by atoms with Crippen LogP contribution in [0.5, 0.6) is 0 Å². The highest BCUT2D eigenvalue weighted by Crippen LogP contribution is 2.51. The molecule has 0 atom stereocenters. The molecule has 0 fully saturated rings. The van der Waals surface area contributed by atoms with Gasteiger partial charge >= 0.3 is 0 Å². The van der Waals surface area contributed by atoms with Crippen LogP contribution in [-0.4, -0.2) is 19.5 Å². The monoisotopic (exact) mass is 784 g/mol. The second-order valence-corrected chi connectivity index (χ2v) is 18.2. The van der Waals surface area contributed by atoms with Gasteiger partial charge in [0.2, 0.25) is 0 Å². The van der Waals surface area contributed by atoms with Crippen molar-refractivity contribution in [3.8, 4) is 39.9 Å². The largest absolute Gasteiger partial charge is 0.308 e. The maximum Gasteiger partial charge on any atom is 0.164 e. The van der Waals surface area contributed by atoms with E-state index in [1.165, 1.54) is 59.9 Å². The maximum absolute atomic E-state index is 5.44. The third-order valence-corrected chi connectivity index (χ3v) is 13.6. The lowest BCUT2D eigenvalue weighted by Gasteiger charge is -2.42. The molecule has 292 valence electrons. The van der Waals surface area contributed by atoms with E-state index in [4.69, 9.17) is 15.0 Å². The van der Waals surface area contributed by atoms with Crippen LogP contribution in [0.4, 0.5) is 0 Å². The number of hydrogen-bond donors (Lipinski definition) is 0. The first-order valence-corrected chi connectivity index (χ1v) is 21.5. The first kappa shape index (κ1) is 35.7. The van der Waals surface area contributed by atoms with Gasteiger partial charge in [-0.1, -0.05) is 179 Å². The molecule has 1 aliphatic rings. The van der Waals surface area contributed by atoms with E-state index in [1.807, 2.05) is 18.2 Å². The predicted molar refractivity (Wildman–Crippen MR) is 256 cm³/mol. The molecular weight excluding hydrogens is 741 g/mol. The van der Waals surface area contributed by atoms with Crippen LogP contribution < -0.4 is 0 Å². The maximum atomic E-state index is 5.44. The minimum absolute atomic E-state index is 0.0317. The van der Waals surface area contributed by atoms with Gasteiger partial charge in [0.1, 0.15) is 0 Å². The summed E-state index contributed by atoms with van der Waals surface area (Å²) in [6, 6.07) is 61.5. The molecule has 0 saturated carbocycles. The molecule has 0 radical (unpaired) electrons. The topological polar surface area (TPSA) is 43.6 Å². The van der Waals surface area contributed by atoms with Crippen molar-refractivity contribution in [2.24, 2.45) is 0 Å². The van der Waals surface area contributed by atoms with E-state index in [1.54, 1.807) is 0 Å². The Labute approximate surface area is 355 Å². The third kappa shape index (κ3) is 5.48. The van der Waals surface area contributed by atoms with Gasteiger partial charge in [-0.3, -0.25) is 0 Å². The Bertz CT molecular complexity index is 3590. The summed E-state index contributed by atoms with van der Waals surface area (Å²) in [6.07, 6.45) is 2.27. The lowest BCUT2D eigenvalue weighted by Crippen LogP contribution is -2.34. The average Bonchev–Trinajstić information content (AvgIpc) is 3.64.